The van der Waals surface area contributed by atoms with Gasteiger partial charge in [0.2, 0.25) is 0 Å². The number of hydrogen-bond acceptors (Lipinski definition) is 3. The summed E-state index contributed by atoms with van der Waals surface area (Å²) < 4.78 is 11.8. The van der Waals surface area contributed by atoms with E-state index < -0.39 is 0 Å². The molecule has 172 valence electrons. The lowest BCUT2D eigenvalue weighted by Gasteiger charge is -2.32. The molecule has 0 bridgehead atoms. The summed E-state index contributed by atoms with van der Waals surface area (Å²) in [5, 5.41) is 0. The molecule has 0 radical (unpaired) electrons. The number of piperidine rings is 1. The van der Waals surface area contributed by atoms with Crippen LogP contribution >= 0.6 is 0 Å². The minimum Gasteiger partial charge on any atom is -0.493 e. The number of aryl methyl sites for hydroxylation is 1. The third-order valence-electron chi connectivity index (χ3n) is 6.26. The molecule has 1 fully saturated rings. The van der Waals surface area contributed by atoms with Gasteiger partial charge in [-0.2, -0.15) is 0 Å². The normalized spacial score (nSPS) is 14.2. The third-order valence-corrected chi connectivity index (χ3v) is 6.26. The molecular formula is C29H33NO3. The molecule has 1 saturated heterocycles. The Labute approximate surface area is 197 Å². The van der Waals surface area contributed by atoms with Gasteiger partial charge in [-0.05, 0) is 80.5 Å². The summed E-state index contributed by atoms with van der Waals surface area (Å²) in [6, 6.07) is 24.3. The van der Waals surface area contributed by atoms with Crippen LogP contribution < -0.4 is 9.47 Å². The number of carbonyl (C=O) groups is 1. The van der Waals surface area contributed by atoms with Gasteiger partial charge >= 0.3 is 0 Å². The summed E-state index contributed by atoms with van der Waals surface area (Å²) in [5.41, 5.74) is 4.12. The number of carbonyl (C=O) groups excluding carboxylic acids is 1. The molecule has 0 atom stereocenters. The number of amides is 1. The first kappa shape index (κ1) is 22.9. The summed E-state index contributed by atoms with van der Waals surface area (Å²) in [7, 11) is 0. The van der Waals surface area contributed by atoms with Gasteiger partial charge in [-0.25, -0.2) is 0 Å². The van der Waals surface area contributed by atoms with E-state index in [1.807, 2.05) is 61.2 Å². The third kappa shape index (κ3) is 6.16. The molecule has 0 saturated carbocycles. The van der Waals surface area contributed by atoms with Crippen LogP contribution in [0.2, 0.25) is 0 Å². The first-order chi connectivity index (χ1) is 16.1. The fourth-order valence-electron chi connectivity index (χ4n) is 4.46. The van der Waals surface area contributed by atoms with E-state index in [2.05, 4.69) is 30.3 Å². The first-order valence-corrected chi connectivity index (χ1v) is 11.9. The number of nitrogens with zero attached hydrogens (tertiary/aromatic N) is 1. The van der Waals surface area contributed by atoms with Crippen molar-refractivity contribution in [3.8, 4) is 11.5 Å². The second-order valence-electron chi connectivity index (χ2n) is 8.79. The van der Waals surface area contributed by atoms with Crippen molar-refractivity contribution in [3.63, 3.8) is 0 Å². The smallest absolute Gasteiger partial charge is 0.253 e. The first-order valence-electron chi connectivity index (χ1n) is 11.9. The van der Waals surface area contributed by atoms with Crippen molar-refractivity contribution in [2.24, 2.45) is 5.92 Å². The summed E-state index contributed by atoms with van der Waals surface area (Å²) in [6.45, 7) is 6.54. The van der Waals surface area contributed by atoms with Gasteiger partial charge in [-0.3, -0.25) is 4.79 Å². The zero-order valence-electron chi connectivity index (χ0n) is 19.6. The Bertz CT molecular complexity index is 1060. The van der Waals surface area contributed by atoms with Crippen molar-refractivity contribution in [1.29, 1.82) is 0 Å². The average molecular weight is 444 g/mol. The molecule has 4 nitrogen and oxygen atoms in total. The van der Waals surface area contributed by atoms with Crippen molar-refractivity contribution in [1.82, 2.24) is 4.90 Å². The quantitative estimate of drug-likeness (QED) is 0.424. The van der Waals surface area contributed by atoms with Gasteiger partial charge in [0.25, 0.3) is 5.91 Å². The molecule has 0 unspecified atom stereocenters. The van der Waals surface area contributed by atoms with Crippen LogP contribution in [-0.2, 0) is 13.0 Å². The van der Waals surface area contributed by atoms with Crippen LogP contribution in [0.4, 0.5) is 0 Å². The Morgan fingerprint density at radius 1 is 0.939 bits per heavy atom. The van der Waals surface area contributed by atoms with Gasteiger partial charge in [0.05, 0.1) is 6.61 Å². The number of benzene rings is 3. The lowest BCUT2D eigenvalue weighted by Crippen LogP contribution is -2.39. The van der Waals surface area contributed by atoms with E-state index in [9.17, 15) is 4.79 Å². The van der Waals surface area contributed by atoms with Crippen molar-refractivity contribution in [3.05, 3.63) is 95.1 Å². The van der Waals surface area contributed by atoms with E-state index in [4.69, 9.17) is 9.47 Å². The fraction of sp³-hybridized carbons (Fsp3) is 0.345. The van der Waals surface area contributed by atoms with Gasteiger partial charge in [0.15, 0.2) is 0 Å². The van der Waals surface area contributed by atoms with Gasteiger partial charge in [0, 0.05) is 24.2 Å². The van der Waals surface area contributed by atoms with Crippen molar-refractivity contribution < 1.29 is 14.3 Å². The molecule has 1 aliphatic rings. The Kier molecular flexibility index (Phi) is 7.66. The number of hydrogen-bond donors (Lipinski definition) is 0. The second-order valence-corrected chi connectivity index (χ2v) is 8.79. The van der Waals surface area contributed by atoms with Crippen LogP contribution in [0.5, 0.6) is 11.5 Å². The maximum absolute atomic E-state index is 13.2. The van der Waals surface area contributed by atoms with Gasteiger partial charge < -0.3 is 14.4 Å². The lowest BCUT2D eigenvalue weighted by atomic mass is 9.90. The lowest BCUT2D eigenvalue weighted by molar-refractivity contribution is 0.0690. The van der Waals surface area contributed by atoms with Crippen molar-refractivity contribution in [2.75, 3.05) is 19.7 Å². The van der Waals surface area contributed by atoms with Crippen LogP contribution in [0.25, 0.3) is 0 Å². The van der Waals surface area contributed by atoms with E-state index in [1.54, 1.807) is 0 Å². The van der Waals surface area contributed by atoms with Gasteiger partial charge in [-0.1, -0.05) is 42.5 Å². The van der Waals surface area contributed by atoms with Crippen molar-refractivity contribution in [2.45, 2.75) is 39.7 Å². The second kappa shape index (κ2) is 11.0. The number of likely N-dealkylation sites (tertiary alicyclic amines) is 1. The molecule has 4 rings (SSSR count). The van der Waals surface area contributed by atoms with Crippen LogP contribution in [0.3, 0.4) is 0 Å². The molecule has 1 heterocycles. The SMILES string of the molecule is CCOc1ccc(C(=O)N2CCC(Cc3ccccc3)CC2)cc1COc1cccc(C)c1. The van der Waals surface area contributed by atoms with Gasteiger partial charge in [-0.15, -0.1) is 0 Å². The van der Waals surface area contributed by atoms with E-state index in [-0.39, 0.29) is 5.91 Å². The summed E-state index contributed by atoms with van der Waals surface area (Å²) in [5.74, 6) is 2.31. The maximum Gasteiger partial charge on any atom is 0.253 e. The molecule has 1 aliphatic heterocycles. The molecule has 0 N–H and O–H groups in total. The predicted molar refractivity (Wildman–Crippen MR) is 132 cm³/mol. The van der Waals surface area contributed by atoms with Gasteiger partial charge in [0.1, 0.15) is 18.1 Å². The van der Waals surface area contributed by atoms with E-state index in [1.165, 1.54) is 5.56 Å². The fourth-order valence-corrected chi connectivity index (χ4v) is 4.46. The molecule has 0 aromatic heterocycles. The van der Waals surface area contributed by atoms with Crippen LogP contribution in [0.15, 0.2) is 72.8 Å². The monoisotopic (exact) mass is 443 g/mol. The van der Waals surface area contributed by atoms with E-state index in [0.29, 0.717) is 24.7 Å². The van der Waals surface area contributed by atoms with Crippen molar-refractivity contribution >= 4 is 5.91 Å². The largest absolute Gasteiger partial charge is 0.493 e. The maximum atomic E-state index is 13.2. The topological polar surface area (TPSA) is 38.8 Å². The highest BCUT2D eigenvalue weighted by atomic mass is 16.5. The highest BCUT2D eigenvalue weighted by Gasteiger charge is 2.24. The standard InChI is InChI=1S/C29H33NO3/c1-3-32-28-13-12-25(20-26(28)21-33-27-11-7-8-22(2)18-27)29(31)30-16-14-24(15-17-30)19-23-9-5-4-6-10-23/h4-13,18,20,24H,3,14-17,19,21H2,1-2H3. The Morgan fingerprint density at radius 3 is 2.45 bits per heavy atom. The van der Waals surface area contributed by atoms with Crippen LogP contribution in [0, 0.1) is 12.8 Å². The summed E-state index contributed by atoms with van der Waals surface area (Å²) >= 11 is 0. The zero-order chi connectivity index (χ0) is 23.0. The van der Waals surface area contributed by atoms with Crippen LogP contribution in [-0.4, -0.2) is 30.5 Å². The highest BCUT2D eigenvalue weighted by molar-refractivity contribution is 5.94. The van der Waals surface area contributed by atoms with Crippen LogP contribution in [0.1, 0.15) is 46.8 Å². The molecule has 0 aliphatic carbocycles. The molecule has 1 amide bonds. The van der Waals surface area contributed by atoms with E-state index in [0.717, 1.165) is 55.0 Å². The Hall–Kier alpha value is -3.27. The highest BCUT2D eigenvalue weighted by Crippen LogP contribution is 2.26. The number of ether oxygens (including phenoxy) is 2. The Morgan fingerprint density at radius 2 is 1.73 bits per heavy atom. The molecule has 33 heavy (non-hydrogen) atoms. The predicted octanol–water partition coefficient (Wildman–Crippen LogP) is 6.07. The molecule has 3 aromatic rings. The summed E-state index contributed by atoms with van der Waals surface area (Å²) in [6.07, 6.45) is 3.17. The average Bonchev–Trinajstić information content (AvgIpc) is 2.84. The molecular weight excluding hydrogens is 410 g/mol. The molecule has 0 spiro atoms. The molecule has 3 aromatic carbocycles. The summed E-state index contributed by atoms with van der Waals surface area (Å²) in [4.78, 5) is 15.2. The Balaban J connectivity index is 1.40. The minimum atomic E-state index is 0.0908. The number of rotatable bonds is 8. The van der Waals surface area contributed by atoms with E-state index >= 15 is 0 Å². The molecule has 4 heteroatoms. The minimum absolute atomic E-state index is 0.0908. The zero-order valence-corrected chi connectivity index (χ0v) is 19.6.